The number of amides is 2. The highest BCUT2D eigenvalue weighted by atomic mass is 32.2. The largest absolute Gasteiger partial charge is 0.494 e. The van der Waals surface area contributed by atoms with Gasteiger partial charge in [-0.3, -0.25) is 23.7 Å². The van der Waals surface area contributed by atoms with Crippen molar-refractivity contribution >= 4 is 29.5 Å². The van der Waals surface area contributed by atoms with E-state index in [0.717, 1.165) is 30.6 Å². The van der Waals surface area contributed by atoms with Gasteiger partial charge in [0, 0.05) is 42.6 Å². The van der Waals surface area contributed by atoms with Gasteiger partial charge in [-0.2, -0.15) is 0 Å². The van der Waals surface area contributed by atoms with Gasteiger partial charge in [-0.15, -0.1) is 11.8 Å². The molecule has 2 amide bonds. The smallest absolute Gasteiger partial charge is 0.303 e. The van der Waals surface area contributed by atoms with Gasteiger partial charge in [0.05, 0.1) is 19.0 Å². The molecule has 0 saturated heterocycles. The first kappa shape index (κ1) is 29.6. The number of rotatable bonds is 11. The number of thioether (sulfide) groups is 1. The first-order valence-electron chi connectivity index (χ1n) is 13.2. The number of methoxy groups -OCH3 is 1. The Labute approximate surface area is 235 Å². The Morgan fingerprint density at radius 3 is 2.65 bits per heavy atom. The van der Waals surface area contributed by atoms with E-state index in [1.54, 1.807) is 18.3 Å². The fraction of sp³-hybridized carbons (Fsp3) is 0.500. The third-order valence-electron chi connectivity index (χ3n) is 7.06. The highest BCUT2D eigenvalue weighted by Crippen LogP contribution is 2.35. The van der Waals surface area contributed by atoms with E-state index in [1.165, 1.54) is 36.4 Å². The number of pyridine rings is 1. The number of halogens is 1. The molecule has 10 nitrogen and oxygen atoms in total. The summed E-state index contributed by atoms with van der Waals surface area (Å²) in [6.07, 6.45) is 5.41. The van der Waals surface area contributed by atoms with Gasteiger partial charge in [0.15, 0.2) is 18.2 Å². The van der Waals surface area contributed by atoms with Crippen molar-refractivity contribution in [1.29, 1.82) is 0 Å². The van der Waals surface area contributed by atoms with E-state index in [9.17, 15) is 23.6 Å². The zero-order chi connectivity index (χ0) is 28.6. The molecule has 1 saturated carbocycles. The highest BCUT2D eigenvalue weighted by molar-refractivity contribution is 8.01. The molecule has 1 aliphatic carbocycles. The number of benzene rings is 1. The minimum Gasteiger partial charge on any atom is -0.494 e. The van der Waals surface area contributed by atoms with E-state index < -0.39 is 17.0 Å². The average molecular weight is 576 g/mol. The van der Waals surface area contributed by atoms with Crippen LogP contribution < -0.4 is 20.9 Å². The van der Waals surface area contributed by atoms with Crippen LogP contribution in [0.15, 0.2) is 40.2 Å². The summed E-state index contributed by atoms with van der Waals surface area (Å²) in [5.74, 6) is -0.987. The summed E-state index contributed by atoms with van der Waals surface area (Å²) in [5.41, 5.74) is 1.15. The zero-order valence-electron chi connectivity index (χ0n) is 22.6. The first-order valence-corrected chi connectivity index (χ1v) is 14.1. The number of fused-ring (bicyclic) bond motifs is 1. The lowest BCUT2D eigenvalue weighted by atomic mass is 9.86. The molecular formula is C28H34FN3O7S. The Morgan fingerprint density at radius 2 is 1.93 bits per heavy atom. The molecule has 1 unspecified atom stereocenters. The summed E-state index contributed by atoms with van der Waals surface area (Å²) in [6.45, 7) is 1.86. The molecule has 1 aromatic carbocycles. The maximum atomic E-state index is 13.6. The van der Waals surface area contributed by atoms with Crippen LogP contribution in [0.4, 0.5) is 4.39 Å². The van der Waals surface area contributed by atoms with Crippen LogP contribution in [0.2, 0.25) is 0 Å². The maximum absolute atomic E-state index is 13.6. The van der Waals surface area contributed by atoms with Crippen molar-refractivity contribution < 1.29 is 33.0 Å². The lowest BCUT2D eigenvalue weighted by Crippen LogP contribution is -2.40. The Hall–Kier alpha value is -3.38. The predicted octanol–water partition coefficient (Wildman–Crippen LogP) is 2.54. The molecule has 1 atom stereocenters. The summed E-state index contributed by atoms with van der Waals surface area (Å²) in [5, 5.41) is 5.33. The van der Waals surface area contributed by atoms with Gasteiger partial charge in [-0.05, 0) is 55.4 Å². The topological polar surface area (TPSA) is 125 Å². The van der Waals surface area contributed by atoms with Crippen molar-refractivity contribution in [3.05, 3.63) is 57.8 Å². The summed E-state index contributed by atoms with van der Waals surface area (Å²) in [6, 6.07) is 6.33. The fourth-order valence-corrected chi connectivity index (χ4v) is 6.08. The molecule has 2 aliphatic rings. The molecular weight excluding hydrogens is 541 g/mol. The highest BCUT2D eigenvalue weighted by Gasteiger charge is 2.31. The Bertz CT molecular complexity index is 1290. The molecule has 2 aromatic rings. The molecule has 40 heavy (non-hydrogen) atoms. The number of hydrogen-bond acceptors (Lipinski definition) is 8. The maximum Gasteiger partial charge on any atom is 0.303 e. The molecule has 1 aromatic heterocycles. The molecule has 4 rings (SSSR count). The third-order valence-corrected chi connectivity index (χ3v) is 8.36. The number of hydrogen-bond donors (Lipinski definition) is 2. The van der Waals surface area contributed by atoms with E-state index in [0.29, 0.717) is 30.1 Å². The Balaban J connectivity index is 1.20. The molecule has 1 aliphatic heterocycles. The molecule has 2 heterocycles. The number of carbonyl (C=O) groups excluding carboxylic acids is 3. The van der Waals surface area contributed by atoms with E-state index in [-0.39, 0.29) is 49.0 Å². The molecule has 2 N–H and O–H groups in total. The van der Waals surface area contributed by atoms with Gasteiger partial charge < -0.3 is 24.8 Å². The van der Waals surface area contributed by atoms with Crippen LogP contribution in [0.1, 0.15) is 43.7 Å². The number of nitrogens with zero attached hydrogens (tertiary/aromatic N) is 1. The van der Waals surface area contributed by atoms with Gasteiger partial charge in [-0.25, -0.2) is 4.39 Å². The number of ether oxygens (including phenoxy) is 3. The molecule has 1 fully saturated rings. The van der Waals surface area contributed by atoms with Gasteiger partial charge in [0.25, 0.3) is 11.5 Å². The van der Waals surface area contributed by atoms with Crippen LogP contribution in [0, 0.1) is 11.7 Å². The van der Waals surface area contributed by atoms with Crippen molar-refractivity contribution in [2.24, 2.45) is 5.92 Å². The lowest BCUT2D eigenvalue weighted by molar-refractivity contribution is -0.146. The van der Waals surface area contributed by atoms with Gasteiger partial charge in [-0.1, -0.05) is 6.07 Å². The van der Waals surface area contributed by atoms with Crippen LogP contribution in [0.25, 0.3) is 0 Å². The lowest BCUT2D eigenvalue weighted by Gasteiger charge is -2.29. The van der Waals surface area contributed by atoms with Crippen molar-refractivity contribution in [3.8, 4) is 5.75 Å². The van der Waals surface area contributed by atoms with Gasteiger partial charge in [0.1, 0.15) is 6.73 Å². The second-order valence-electron chi connectivity index (χ2n) is 10.00. The summed E-state index contributed by atoms with van der Waals surface area (Å²) in [7, 11) is 1.39. The summed E-state index contributed by atoms with van der Waals surface area (Å²) >= 11 is 1.36. The fourth-order valence-electron chi connectivity index (χ4n) is 4.88. The molecule has 0 spiro atoms. The normalized spacial score (nSPS) is 19.9. The SMILES string of the molecule is COc1cc(CNC(=O)C2Cc3c(ccn(COCC4CCC(NC(=O)COC(C)=O)CC4)c3=O)S2)ccc1F. The van der Waals surface area contributed by atoms with Crippen LogP contribution in [-0.2, 0) is 43.6 Å². The third kappa shape index (κ3) is 7.85. The molecule has 216 valence electrons. The number of carbonyl (C=O) groups is 3. The minimum atomic E-state index is -0.484. The minimum absolute atomic E-state index is 0.0554. The average Bonchev–Trinajstić information content (AvgIpc) is 3.39. The summed E-state index contributed by atoms with van der Waals surface area (Å²) in [4.78, 5) is 49.3. The van der Waals surface area contributed by atoms with Crippen molar-refractivity contribution in [1.82, 2.24) is 15.2 Å². The standard InChI is InChI=1S/C28H34FN3O7S/c1-17(33)39-15-26(34)31-20-6-3-18(4-7-20)14-38-16-32-10-9-24-21(28(32)36)12-25(40-24)27(35)30-13-19-5-8-22(29)23(11-19)37-2/h5,8-11,18,20,25H,3-4,6-7,12-16H2,1-2H3,(H,30,35)(H,31,34). The van der Waals surface area contributed by atoms with Crippen molar-refractivity contribution in [2.45, 2.75) is 68.5 Å². The molecule has 0 radical (unpaired) electrons. The Morgan fingerprint density at radius 1 is 1.15 bits per heavy atom. The van der Waals surface area contributed by atoms with Gasteiger partial charge in [0.2, 0.25) is 5.91 Å². The zero-order valence-corrected chi connectivity index (χ0v) is 23.4. The second-order valence-corrected chi connectivity index (χ2v) is 11.2. The number of nitrogens with one attached hydrogen (secondary N) is 2. The van der Waals surface area contributed by atoms with Crippen LogP contribution in [0.5, 0.6) is 5.75 Å². The monoisotopic (exact) mass is 575 g/mol. The van der Waals surface area contributed by atoms with Crippen molar-refractivity contribution in [2.75, 3.05) is 20.3 Å². The molecule has 12 heteroatoms. The van der Waals surface area contributed by atoms with Crippen LogP contribution >= 0.6 is 11.8 Å². The summed E-state index contributed by atoms with van der Waals surface area (Å²) < 4.78 is 30.7. The quantitative estimate of drug-likeness (QED) is 0.392. The molecule has 0 bridgehead atoms. The number of aromatic nitrogens is 1. The Kier molecular flexibility index (Phi) is 10.2. The van der Waals surface area contributed by atoms with Crippen LogP contribution in [0.3, 0.4) is 0 Å². The van der Waals surface area contributed by atoms with Crippen molar-refractivity contribution in [3.63, 3.8) is 0 Å². The first-order chi connectivity index (χ1) is 19.2. The van der Waals surface area contributed by atoms with E-state index >= 15 is 0 Å². The van der Waals surface area contributed by atoms with E-state index in [1.807, 2.05) is 6.07 Å². The number of esters is 1. The van der Waals surface area contributed by atoms with Gasteiger partial charge >= 0.3 is 5.97 Å². The van der Waals surface area contributed by atoms with Crippen LogP contribution in [-0.4, -0.2) is 54.0 Å². The second kappa shape index (κ2) is 13.8. The van der Waals surface area contributed by atoms with E-state index in [2.05, 4.69) is 10.6 Å². The van der Waals surface area contributed by atoms with E-state index in [4.69, 9.17) is 14.2 Å². The predicted molar refractivity (Wildman–Crippen MR) is 145 cm³/mol.